The first-order valence-corrected chi connectivity index (χ1v) is 10.0. The molecule has 2 amide bonds. The SMILES string of the molecule is CCN(C(=O)c1cccc(C(=O)N2CCC3(CC2)OCCO3)n1)c1ccccc1. The van der Waals surface area contributed by atoms with Gasteiger partial charge < -0.3 is 19.3 Å². The summed E-state index contributed by atoms with van der Waals surface area (Å²) >= 11 is 0. The van der Waals surface area contributed by atoms with Crippen LogP contribution in [0.5, 0.6) is 0 Å². The second kappa shape index (κ2) is 8.31. The molecule has 1 aromatic heterocycles. The van der Waals surface area contributed by atoms with Crippen molar-refractivity contribution < 1.29 is 19.1 Å². The summed E-state index contributed by atoms with van der Waals surface area (Å²) in [7, 11) is 0. The number of nitrogens with zero attached hydrogens (tertiary/aromatic N) is 3. The number of rotatable bonds is 4. The maximum Gasteiger partial charge on any atom is 0.276 e. The van der Waals surface area contributed by atoms with E-state index in [2.05, 4.69) is 4.98 Å². The van der Waals surface area contributed by atoms with Gasteiger partial charge in [0.25, 0.3) is 11.8 Å². The number of likely N-dealkylation sites (tertiary alicyclic amines) is 1. The maximum absolute atomic E-state index is 13.0. The highest BCUT2D eigenvalue weighted by Crippen LogP contribution is 2.31. The van der Waals surface area contributed by atoms with Crippen molar-refractivity contribution in [3.05, 3.63) is 59.9 Å². The molecule has 0 atom stereocenters. The van der Waals surface area contributed by atoms with Crippen LogP contribution in [0, 0.1) is 0 Å². The van der Waals surface area contributed by atoms with Crippen LogP contribution in [0.4, 0.5) is 5.69 Å². The maximum atomic E-state index is 13.0. The van der Waals surface area contributed by atoms with Crippen molar-refractivity contribution in [1.82, 2.24) is 9.88 Å². The summed E-state index contributed by atoms with van der Waals surface area (Å²) in [5, 5.41) is 0. The average molecular weight is 395 g/mol. The van der Waals surface area contributed by atoms with Gasteiger partial charge in [-0.15, -0.1) is 0 Å². The first-order chi connectivity index (χ1) is 14.1. The number of amides is 2. The van der Waals surface area contributed by atoms with Crippen molar-refractivity contribution in [3.63, 3.8) is 0 Å². The minimum absolute atomic E-state index is 0.171. The largest absolute Gasteiger partial charge is 0.347 e. The standard InChI is InChI=1S/C22H25N3O4/c1-2-25(17-7-4-3-5-8-17)21(27)19-10-6-9-18(23-19)20(26)24-13-11-22(12-14-24)28-15-16-29-22/h3-10H,2,11-16H2,1H3. The van der Waals surface area contributed by atoms with Crippen LogP contribution >= 0.6 is 0 Å². The van der Waals surface area contributed by atoms with Gasteiger partial charge in [0.1, 0.15) is 11.4 Å². The van der Waals surface area contributed by atoms with Crippen LogP contribution < -0.4 is 4.90 Å². The number of para-hydroxylation sites is 1. The van der Waals surface area contributed by atoms with Crippen molar-refractivity contribution in [2.45, 2.75) is 25.6 Å². The fourth-order valence-corrected chi connectivity index (χ4v) is 3.86. The minimum Gasteiger partial charge on any atom is -0.347 e. The first-order valence-electron chi connectivity index (χ1n) is 10.0. The zero-order valence-electron chi connectivity index (χ0n) is 16.5. The van der Waals surface area contributed by atoms with E-state index >= 15 is 0 Å². The molecule has 2 aliphatic heterocycles. The Balaban J connectivity index is 1.48. The quantitative estimate of drug-likeness (QED) is 0.796. The highest BCUT2D eigenvalue weighted by molar-refractivity contribution is 6.05. The van der Waals surface area contributed by atoms with Crippen molar-refractivity contribution in [2.75, 3.05) is 37.7 Å². The number of ether oxygens (including phenoxy) is 2. The molecule has 7 nitrogen and oxygen atoms in total. The smallest absolute Gasteiger partial charge is 0.276 e. The minimum atomic E-state index is -0.528. The Morgan fingerprint density at radius 2 is 1.66 bits per heavy atom. The summed E-state index contributed by atoms with van der Waals surface area (Å²) in [6.07, 6.45) is 1.30. The van der Waals surface area contributed by atoms with Crippen LogP contribution in [-0.4, -0.2) is 60.3 Å². The Morgan fingerprint density at radius 1 is 1.00 bits per heavy atom. The van der Waals surface area contributed by atoms with Gasteiger partial charge in [0.15, 0.2) is 5.79 Å². The lowest BCUT2D eigenvalue weighted by molar-refractivity contribution is -0.181. The van der Waals surface area contributed by atoms with E-state index in [1.54, 1.807) is 28.0 Å². The number of piperidine rings is 1. The topological polar surface area (TPSA) is 72.0 Å². The van der Waals surface area contributed by atoms with Gasteiger partial charge in [0.05, 0.1) is 13.2 Å². The highest BCUT2D eigenvalue weighted by Gasteiger charge is 2.41. The van der Waals surface area contributed by atoms with Crippen molar-refractivity contribution in [2.24, 2.45) is 0 Å². The third-order valence-electron chi connectivity index (χ3n) is 5.44. The number of hydrogen-bond acceptors (Lipinski definition) is 5. The van der Waals surface area contributed by atoms with Crippen LogP contribution in [0.1, 0.15) is 40.7 Å². The van der Waals surface area contributed by atoms with Gasteiger partial charge in [-0.05, 0) is 31.2 Å². The Kier molecular flexibility index (Phi) is 5.60. The molecule has 4 rings (SSSR count). The van der Waals surface area contributed by atoms with E-state index in [0.717, 1.165) is 5.69 Å². The Hall–Kier alpha value is -2.77. The number of carbonyl (C=O) groups excluding carboxylic acids is 2. The molecule has 0 aliphatic carbocycles. The van der Waals surface area contributed by atoms with Crippen molar-refractivity contribution >= 4 is 17.5 Å². The van der Waals surface area contributed by atoms with Gasteiger partial charge in [0, 0.05) is 38.2 Å². The Labute approximate surface area is 170 Å². The molecule has 2 aromatic rings. The van der Waals surface area contributed by atoms with E-state index in [0.29, 0.717) is 45.7 Å². The number of carbonyl (C=O) groups is 2. The first kappa shape index (κ1) is 19.5. The molecule has 0 radical (unpaired) electrons. The van der Waals surface area contributed by atoms with Gasteiger partial charge in [-0.2, -0.15) is 0 Å². The third-order valence-corrected chi connectivity index (χ3v) is 5.44. The van der Waals surface area contributed by atoms with Crippen LogP contribution in [-0.2, 0) is 9.47 Å². The fraction of sp³-hybridized carbons (Fsp3) is 0.409. The van der Waals surface area contributed by atoms with Crippen LogP contribution in [0.25, 0.3) is 0 Å². The molecule has 2 aliphatic rings. The lowest BCUT2D eigenvalue weighted by atomic mass is 10.0. The fourth-order valence-electron chi connectivity index (χ4n) is 3.86. The van der Waals surface area contributed by atoms with Crippen LogP contribution in [0.2, 0.25) is 0 Å². The van der Waals surface area contributed by atoms with E-state index in [9.17, 15) is 9.59 Å². The van der Waals surface area contributed by atoms with Crippen LogP contribution in [0.3, 0.4) is 0 Å². The van der Waals surface area contributed by atoms with Gasteiger partial charge in [-0.25, -0.2) is 4.98 Å². The predicted molar refractivity (Wildman–Crippen MR) is 108 cm³/mol. The second-order valence-corrected chi connectivity index (χ2v) is 7.19. The summed E-state index contributed by atoms with van der Waals surface area (Å²) in [5.41, 5.74) is 1.35. The van der Waals surface area contributed by atoms with Crippen molar-refractivity contribution in [3.8, 4) is 0 Å². The van der Waals surface area contributed by atoms with E-state index in [4.69, 9.17) is 9.47 Å². The van der Waals surface area contributed by atoms with E-state index in [-0.39, 0.29) is 23.2 Å². The molecule has 152 valence electrons. The average Bonchev–Trinajstić information content (AvgIpc) is 3.23. The second-order valence-electron chi connectivity index (χ2n) is 7.19. The number of anilines is 1. The number of pyridine rings is 1. The molecule has 29 heavy (non-hydrogen) atoms. The van der Waals surface area contributed by atoms with Crippen LogP contribution in [0.15, 0.2) is 48.5 Å². The normalized spacial score (nSPS) is 18.0. The summed E-state index contributed by atoms with van der Waals surface area (Å²) in [4.78, 5) is 33.7. The lowest BCUT2D eigenvalue weighted by Crippen LogP contribution is -2.47. The molecule has 0 saturated carbocycles. The van der Waals surface area contributed by atoms with Crippen molar-refractivity contribution in [1.29, 1.82) is 0 Å². The van der Waals surface area contributed by atoms with E-state index in [1.807, 2.05) is 37.3 Å². The van der Waals surface area contributed by atoms with Gasteiger partial charge >= 0.3 is 0 Å². The summed E-state index contributed by atoms with van der Waals surface area (Å²) in [6, 6.07) is 14.5. The van der Waals surface area contributed by atoms with E-state index < -0.39 is 5.79 Å². The molecule has 2 saturated heterocycles. The van der Waals surface area contributed by atoms with E-state index in [1.165, 1.54) is 0 Å². The predicted octanol–water partition coefficient (Wildman–Crippen LogP) is 2.73. The monoisotopic (exact) mass is 395 g/mol. The molecule has 0 N–H and O–H groups in total. The molecule has 0 bridgehead atoms. The molecule has 1 aromatic carbocycles. The molecule has 2 fully saturated rings. The summed E-state index contributed by atoms with van der Waals surface area (Å²) in [5.74, 6) is -0.923. The summed E-state index contributed by atoms with van der Waals surface area (Å²) in [6.45, 7) is 4.73. The van der Waals surface area contributed by atoms with Gasteiger partial charge in [-0.3, -0.25) is 9.59 Å². The van der Waals surface area contributed by atoms with Gasteiger partial charge in [-0.1, -0.05) is 24.3 Å². The Morgan fingerprint density at radius 3 is 2.31 bits per heavy atom. The molecular weight excluding hydrogens is 370 g/mol. The third kappa shape index (κ3) is 4.02. The number of aromatic nitrogens is 1. The van der Waals surface area contributed by atoms with Gasteiger partial charge in [0.2, 0.25) is 0 Å². The highest BCUT2D eigenvalue weighted by atomic mass is 16.7. The molecule has 3 heterocycles. The zero-order valence-corrected chi connectivity index (χ0v) is 16.5. The zero-order chi connectivity index (χ0) is 20.3. The number of hydrogen-bond donors (Lipinski definition) is 0. The molecule has 7 heteroatoms. The molecule has 0 unspecified atom stereocenters. The summed E-state index contributed by atoms with van der Waals surface area (Å²) < 4.78 is 11.4. The molecular formula is C22H25N3O4. The Bertz CT molecular complexity index is 871. The molecule has 1 spiro atoms. The number of benzene rings is 1. The lowest BCUT2D eigenvalue weighted by Gasteiger charge is -2.37.